The Morgan fingerprint density at radius 3 is 2.53 bits per heavy atom. The number of aryl methyl sites for hydroxylation is 1. The Bertz CT molecular complexity index is 1180. The zero-order valence-corrected chi connectivity index (χ0v) is 18.2. The van der Waals surface area contributed by atoms with E-state index >= 15 is 0 Å². The van der Waals surface area contributed by atoms with Crippen molar-refractivity contribution in [1.29, 1.82) is 0 Å². The van der Waals surface area contributed by atoms with Gasteiger partial charge in [-0.05, 0) is 48.9 Å². The molecule has 30 heavy (non-hydrogen) atoms. The molecule has 2 aromatic carbocycles. The maximum Gasteiger partial charge on any atom is 0.260 e. The van der Waals surface area contributed by atoms with Gasteiger partial charge in [-0.2, -0.15) is 0 Å². The fraction of sp³-hybridized carbons (Fsp3) is 0.182. The summed E-state index contributed by atoms with van der Waals surface area (Å²) in [5.41, 5.74) is 2.08. The van der Waals surface area contributed by atoms with Gasteiger partial charge in [0.1, 0.15) is 17.3 Å². The first kappa shape index (κ1) is 20.3. The maximum atomic E-state index is 13.6. The zero-order valence-electron chi connectivity index (χ0n) is 16.6. The van der Waals surface area contributed by atoms with Crippen LogP contribution < -0.4 is 14.4 Å². The first-order valence-electron chi connectivity index (χ1n) is 9.13. The number of benzene rings is 2. The van der Waals surface area contributed by atoms with Crippen molar-refractivity contribution in [3.63, 3.8) is 0 Å². The molecule has 0 saturated carbocycles. The van der Waals surface area contributed by atoms with Crippen molar-refractivity contribution in [2.24, 2.45) is 0 Å². The molecule has 0 saturated heterocycles. The summed E-state index contributed by atoms with van der Waals surface area (Å²) in [5, 5.41) is 1.19. The van der Waals surface area contributed by atoms with Gasteiger partial charge in [-0.15, -0.1) is 0 Å². The van der Waals surface area contributed by atoms with Crippen LogP contribution in [-0.2, 0) is 6.54 Å². The lowest BCUT2D eigenvalue weighted by molar-refractivity contribution is 0.0982. The number of aromatic nitrogens is 1. The maximum absolute atomic E-state index is 13.6. The molecule has 2 heterocycles. The molecular formula is C22H19ClN2O4S. The van der Waals surface area contributed by atoms with Crippen molar-refractivity contribution in [3.8, 4) is 11.5 Å². The van der Waals surface area contributed by atoms with Crippen molar-refractivity contribution >= 4 is 44.2 Å². The summed E-state index contributed by atoms with van der Waals surface area (Å²) in [6.07, 6.45) is 1.58. The molecule has 0 bridgehead atoms. The third-order valence-electron chi connectivity index (χ3n) is 4.71. The summed E-state index contributed by atoms with van der Waals surface area (Å²) >= 11 is 7.68. The quantitative estimate of drug-likeness (QED) is 0.382. The van der Waals surface area contributed by atoms with E-state index < -0.39 is 0 Å². The number of thiazole rings is 1. The molecular weight excluding hydrogens is 424 g/mol. The number of methoxy groups -OCH3 is 2. The molecule has 0 N–H and O–H groups in total. The van der Waals surface area contributed by atoms with Gasteiger partial charge in [-0.1, -0.05) is 22.9 Å². The molecule has 0 fully saturated rings. The minimum atomic E-state index is -0.244. The smallest absolute Gasteiger partial charge is 0.260 e. The first-order valence-corrected chi connectivity index (χ1v) is 10.3. The number of ether oxygens (including phenoxy) is 2. The van der Waals surface area contributed by atoms with Crippen LogP contribution in [-0.4, -0.2) is 25.1 Å². The van der Waals surface area contributed by atoms with Crippen molar-refractivity contribution < 1.29 is 18.7 Å². The van der Waals surface area contributed by atoms with Crippen molar-refractivity contribution in [1.82, 2.24) is 4.98 Å². The highest BCUT2D eigenvalue weighted by atomic mass is 35.5. The number of nitrogens with zero attached hydrogens (tertiary/aromatic N) is 2. The van der Waals surface area contributed by atoms with E-state index in [1.165, 1.54) is 11.3 Å². The SMILES string of the molecule is COc1cc(OC)cc(C(=O)N(Cc2ccco2)c2nc3c(C)c(Cl)ccc3s2)c1. The second-order valence-corrected chi connectivity index (χ2v) is 8.00. The second-order valence-electron chi connectivity index (χ2n) is 6.59. The lowest BCUT2D eigenvalue weighted by atomic mass is 10.1. The number of furan rings is 1. The highest BCUT2D eigenvalue weighted by Gasteiger charge is 2.24. The predicted molar refractivity (Wildman–Crippen MR) is 118 cm³/mol. The Morgan fingerprint density at radius 2 is 1.90 bits per heavy atom. The lowest BCUT2D eigenvalue weighted by Crippen LogP contribution is -2.30. The van der Waals surface area contributed by atoms with E-state index in [1.807, 2.05) is 25.1 Å². The number of halogens is 1. The standard InChI is InChI=1S/C22H19ClN2O4S/c1-13-18(23)6-7-19-20(13)24-22(30-19)25(12-15-5-4-8-29-15)21(26)14-9-16(27-2)11-17(10-14)28-3/h4-11H,12H2,1-3H3. The largest absolute Gasteiger partial charge is 0.497 e. The molecule has 2 aromatic heterocycles. The molecule has 0 spiro atoms. The van der Waals surface area contributed by atoms with Gasteiger partial charge in [-0.3, -0.25) is 9.69 Å². The summed E-state index contributed by atoms with van der Waals surface area (Å²) in [4.78, 5) is 19.9. The van der Waals surface area contributed by atoms with E-state index in [-0.39, 0.29) is 12.5 Å². The summed E-state index contributed by atoms with van der Waals surface area (Å²) in [7, 11) is 3.09. The van der Waals surface area contributed by atoms with Gasteiger partial charge in [0, 0.05) is 16.7 Å². The van der Waals surface area contributed by atoms with Crippen molar-refractivity contribution in [2.45, 2.75) is 13.5 Å². The molecule has 1 amide bonds. The van der Waals surface area contributed by atoms with Gasteiger partial charge in [0.15, 0.2) is 5.13 Å². The van der Waals surface area contributed by atoms with Crippen molar-refractivity contribution in [3.05, 3.63) is 70.6 Å². The molecule has 4 aromatic rings. The lowest BCUT2D eigenvalue weighted by Gasteiger charge is -2.19. The van der Waals surface area contributed by atoms with Gasteiger partial charge >= 0.3 is 0 Å². The van der Waals surface area contributed by atoms with Gasteiger partial charge < -0.3 is 13.9 Å². The predicted octanol–water partition coefficient (Wildman–Crippen LogP) is 5.72. The molecule has 0 radical (unpaired) electrons. The van der Waals surface area contributed by atoms with Crippen molar-refractivity contribution in [2.75, 3.05) is 19.1 Å². The fourth-order valence-electron chi connectivity index (χ4n) is 3.08. The van der Waals surface area contributed by atoms with E-state index in [0.717, 1.165) is 15.8 Å². The Labute approximate surface area is 182 Å². The van der Waals surface area contributed by atoms with Crippen LogP contribution in [0.2, 0.25) is 5.02 Å². The summed E-state index contributed by atoms with van der Waals surface area (Å²) in [6.45, 7) is 2.15. The highest BCUT2D eigenvalue weighted by Crippen LogP contribution is 2.35. The van der Waals surface area contributed by atoms with E-state index in [0.29, 0.717) is 33.0 Å². The fourth-order valence-corrected chi connectivity index (χ4v) is 4.25. The number of hydrogen-bond donors (Lipinski definition) is 0. The number of carbonyl (C=O) groups is 1. The average molecular weight is 443 g/mol. The molecule has 0 aliphatic rings. The monoisotopic (exact) mass is 442 g/mol. The molecule has 0 aliphatic heterocycles. The van der Waals surface area contributed by atoms with Crippen LogP contribution in [0, 0.1) is 6.92 Å². The van der Waals surface area contributed by atoms with E-state index in [9.17, 15) is 4.79 Å². The normalized spacial score (nSPS) is 10.9. The number of fused-ring (bicyclic) bond motifs is 1. The van der Waals surface area contributed by atoms with Gasteiger partial charge in [0.25, 0.3) is 5.91 Å². The minimum absolute atomic E-state index is 0.234. The van der Waals surface area contributed by atoms with Gasteiger partial charge in [-0.25, -0.2) is 4.98 Å². The number of anilines is 1. The number of hydrogen-bond acceptors (Lipinski definition) is 6. The zero-order chi connectivity index (χ0) is 21.3. The topological polar surface area (TPSA) is 64.8 Å². The Hall–Kier alpha value is -3.03. The van der Waals surface area contributed by atoms with Gasteiger partial charge in [0.05, 0.1) is 37.2 Å². The van der Waals surface area contributed by atoms with Gasteiger partial charge in [0.2, 0.25) is 0 Å². The summed E-state index contributed by atoms with van der Waals surface area (Å²) < 4.78 is 17.1. The Kier molecular flexibility index (Phi) is 5.65. The van der Waals surface area contributed by atoms with Crippen LogP contribution in [0.5, 0.6) is 11.5 Å². The van der Waals surface area contributed by atoms with Crippen LogP contribution >= 0.6 is 22.9 Å². The molecule has 6 nitrogen and oxygen atoms in total. The van der Waals surface area contributed by atoms with Crippen LogP contribution in [0.3, 0.4) is 0 Å². The third-order valence-corrected chi connectivity index (χ3v) is 6.16. The Balaban J connectivity index is 1.81. The van der Waals surface area contributed by atoms with Crippen LogP contribution in [0.25, 0.3) is 10.2 Å². The first-order chi connectivity index (χ1) is 14.5. The molecule has 0 atom stereocenters. The number of rotatable bonds is 6. The number of carbonyl (C=O) groups excluding carboxylic acids is 1. The second kappa shape index (κ2) is 8.38. The highest BCUT2D eigenvalue weighted by molar-refractivity contribution is 7.22. The van der Waals surface area contributed by atoms with Crippen LogP contribution in [0.1, 0.15) is 21.7 Å². The molecule has 4 rings (SSSR count). The van der Waals surface area contributed by atoms with E-state index in [1.54, 1.807) is 49.6 Å². The third kappa shape index (κ3) is 3.86. The van der Waals surface area contributed by atoms with Crippen LogP contribution in [0.4, 0.5) is 5.13 Å². The summed E-state index contributed by atoms with van der Waals surface area (Å²) in [5.74, 6) is 1.46. The number of amides is 1. The molecule has 154 valence electrons. The molecule has 8 heteroatoms. The molecule has 0 unspecified atom stereocenters. The van der Waals surface area contributed by atoms with E-state index in [4.69, 9.17) is 30.5 Å². The summed E-state index contributed by atoms with van der Waals surface area (Å²) in [6, 6.07) is 12.4. The van der Waals surface area contributed by atoms with Crippen LogP contribution in [0.15, 0.2) is 53.1 Å². The minimum Gasteiger partial charge on any atom is -0.497 e. The molecule has 0 aliphatic carbocycles. The average Bonchev–Trinajstić information content (AvgIpc) is 3.43. The Morgan fingerprint density at radius 1 is 1.17 bits per heavy atom. The van der Waals surface area contributed by atoms with E-state index in [2.05, 4.69) is 0 Å².